The van der Waals surface area contributed by atoms with Crippen molar-refractivity contribution in [2.24, 2.45) is 5.10 Å². The summed E-state index contributed by atoms with van der Waals surface area (Å²) in [4.78, 5) is 18.6. The number of rotatable bonds is 9. The van der Waals surface area contributed by atoms with E-state index < -0.39 is 0 Å². The van der Waals surface area contributed by atoms with E-state index in [1.165, 1.54) is 4.68 Å². The van der Waals surface area contributed by atoms with Crippen LogP contribution in [0, 0.1) is 6.92 Å². The molecule has 0 radical (unpaired) electrons. The van der Waals surface area contributed by atoms with Gasteiger partial charge in [-0.25, -0.2) is 4.98 Å². The van der Waals surface area contributed by atoms with Crippen LogP contribution in [0.2, 0.25) is 5.02 Å². The number of fused-ring (bicyclic) bond motifs is 1. The normalized spacial score (nSPS) is 11.6. The fourth-order valence-corrected chi connectivity index (χ4v) is 4.63. The van der Waals surface area contributed by atoms with E-state index in [0.29, 0.717) is 45.4 Å². The third-order valence-corrected chi connectivity index (χ3v) is 6.48. The largest absolute Gasteiger partial charge is 0.494 e. The quantitative estimate of drug-likeness (QED) is 0.207. The maximum absolute atomic E-state index is 13.7. The Morgan fingerprint density at radius 1 is 1.08 bits per heavy atom. The highest BCUT2D eigenvalue weighted by Crippen LogP contribution is 2.37. The van der Waals surface area contributed by atoms with Gasteiger partial charge in [-0.05, 0) is 86.7 Å². The van der Waals surface area contributed by atoms with Crippen LogP contribution in [0.15, 0.2) is 58.4 Å². The SMILES string of the molecule is CCOc1cc(C)c(-c2nc3ccccc3c(=O)n2N=Cc2cc(Cl)c(OC(C)C)c(OC)c2)cc1C(C)C. The monoisotopic (exact) mass is 547 g/mol. The number of nitrogens with zero attached hydrogens (tertiary/aromatic N) is 3. The highest BCUT2D eigenvalue weighted by Gasteiger charge is 2.19. The van der Waals surface area contributed by atoms with Gasteiger partial charge in [0, 0.05) is 5.56 Å². The minimum absolute atomic E-state index is 0.0752. The Morgan fingerprint density at radius 3 is 2.49 bits per heavy atom. The summed E-state index contributed by atoms with van der Waals surface area (Å²) in [6.07, 6.45) is 1.50. The second-order valence-electron chi connectivity index (χ2n) is 9.81. The lowest BCUT2D eigenvalue weighted by Gasteiger charge is -2.18. The maximum Gasteiger partial charge on any atom is 0.282 e. The van der Waals surface area contributed by atoms with Crippen molar-refractivity contribution in [2.75, 3.05) is 13.7 Å². The standard InChI is InChI=1S/C31H34ClN3O4/c1-8-38-27-13-20(6)24(16-23(27)18(2)3)30-34-26-12-10-9-11-22(26)31(36)35(30)33-17-21-14-25(32)29(39-19(4)5)28(15-21)37-7/h9-19H,8H2,1-7H3. The first-order valence-corrected chi connectivity index (χ1v) is 13.4. The number of aryl methyl sites for hydroxylation is 1. The molecule has 0 aliphatic carbocycles. The molecule has 4 rings (SSSR count). The molecule has 0 saturated heterocycles. The zero-order valence-corrected chi connectivity index (χ0v) is 24.2. The smallest absolute Gasteiger partial charge is 0.282 e. The number of aromatic nitrogens is 2. The summed E-state index contributed by atoms with van der Waals surface area (Å²) in [5.74, 6) is 2.41. The highest BCUT2D eigenvalue weighted by atomic mass is 35.5. The fraction of sp³-hybridized carbons (Fsp3) is 0.323. The third kappa shape index (κ3) is 5.93. The molecule has 4 aromatic rings. The topological polar surface area (TPSA) is 74.9 Å². The van der Waals surface area contributed by atoms with Gasteiger partial charge in [-0.15, -0.1) is 0 Å². The molecule has 1 aromatic heterocycles. The van der Waals surface area contributed by atoms with Crippen molar-refractivity contribution in [2.45, 2.75) is 53.6 Å². The molecule has 1 heterocycles. The van der Waals surface area contributed by atoms with Gasteiger partial charge in [0.2, 0.25) is 0 Å². The number of methoxy groups -OCH3 is 1. The molecule has 0 spiro atoms. The summed E-state index contributed by atoms with van der Waals surface area (Å²) < 4.78 is 18.6. The first kappa shape index (κ1) is 28.2. The number of benzene rings is 3. The van der Waals surface area contributed by atoms with Crippen LogP contribution in [0.4, 0.5) is 0 Å². The van der Waals surface area contributed by atoms with Crippen molar-refractivity contribution in [3.05, 3.63) is 80.6 Å². The first-order chi connectivity index (χ1) is 18.6. The molecule has 0 bridgehead atoms. The van der Waals surface area contributed by atoms with E-state index in [9.17, 15) is 4.79 Å². The van der Waals surface area contributed by atoms with E-state index in [4.69, 9.17) is 30.8 Å². The molecule has 0 fully saturated rings. The summed E-state index contributed by atoms with van der Waals surface area (Å²) in [6.45, 7) is 12.6. The van der Waals surface area contributed by atoms with Crippen molar-refractivity contribution in [1.82, 2.24) is 9.66 Å². The van der Waals surface area contributed by atoms with E-state index in [-0.39, 0.29) is 17.6 Å². The van der Waals surface area contributed by atoms with E-state index in [1.807, 2.05) is 58.0 Å². The molecule has 39 heavy (non-hydrogen) atoms. The molecule has 3 aromatic carbocycles. The van der Waals surface area contributed by atoms with Gasteiger partial charge in [-0.3, -0.25) is 4.79 Å². The molecule has 7 nitrogen and oxygen atoms in total. The van der Waals surface area contributed by atoms with Crippen molar-refractivity contribution in [1.29, 1.82) is 0 Å². The molecule has 8 heteroatoms. The van der Waals surface area contributed by atoms with E-state index in [2.05, 4.69) is 18.9 Å². The van der Waals surface area contributed by atoms with Crippen LogP contribution < -0.4 is 19.8 Å². The van der Waals surface area contributed by atoms with Crippen molar-refractivity contribution < 1.29 is 14.2 Å². The Hall–Kier alpha value is -3.84. The van der Waals surface area contributed by atoms with Gasteiger partial charge in [-0.1, -0.05) is 37.6 Å². The molecule has 0 saturated carbocycles. The van der Waals surface area contributed by atoms with E-state index in [1.54, 1.807) is 31.5 Å². The van der Waals surface area contributed by atoms with Gasteiger partial charge >= 0.3 is 0 Å². The predicted molar refractivity (Wildman–Crippen MR) is 158 cm³/mol. The summed E-state index contributed by atoms with van der Waals surface area (Å²) in [6, 6.07) is 14.8. The summed E-state index contributed by atoms with van der Waals surface area (Å²) in [5.41, 5.74) is 3.73. The second kappa shape index (κ2) is 11.9. The van der Waals surface area contributed by atoms with Crippen molar-refractivity contribution in [3.8, 4) is 28.6 Å². The van der Waals surface area contributed by atoms with Gasteiger partial charge in [0.1, 0.15) is 5.75 Å². The van der Waals surface area contributed by atoms with Gasteiger partial charge in [0.05, 0.1) is 42.0 Å². The van der Waals surface area contributed by atoms with Crippen LogP contribution in [0.5, 0.6) is 17.2 Å². The molecule has 0 aliphatic rings. The minimum atomic E-state index is -0.274. The zero-order chi connectivity index (χ0) is 28.3. The molecule has 0 N–H and O–H groups in total. The number of halogens is 1. The number of hydrogen-bond acceptors (Lipinski definition) is 6. The van der Waals surface area contributed by atoms with Gasteiger partial charge in [-0.2, -0.15) is 9.78 Å². The average Bonchev–Trinajstić information content (AvgIpc) is 2.89. The molecule has 0 aliphatic heterocycles. The van der Waals surface area contributed by atoms with Gasteiger partial charge in [0.25, 0.3) is 5.56 Å². The molecular formula is C31H34ClN3O4. The van der Waals surface area contributed by atoms with Crippen LogP contribution in [0.25, 0.3) is 22.3 Å². The number of ether oxygens (including phenoxy) is 3. The Morgan fingerprint density at radius 2 is 1.82 bits per heavy atom. The van der Waals surface area contributed by atoms with Crippen molar-refractivity contribution in [3.63, 3.8) is 0 Å². The van der Waals surface area contributed by atoms with Gasteiger partial charge < -0.3 is 14.2 Å². The zero-order valence-electron chi connectivity index (χ0n) is 23.4. The molecule has 204 valence electrons. The molecule has 0 amide bonds. The lowest BCUT2D eigenvalue weighted by molar-refractivity contribution is 0.230. The van der Waals surface area contributed by atoms with Crippen LogP contribution in [0.3, 0.4) is 0 Å². The molecule has 0 unspecified atom stereocenters. The molecular weight excluding hydrogens is 514 g/mol. The summed E-state index contributed by atoms with van der Waals surface area (Å²) in [7, 11) is 1.55. The minimum Gasteiger partial charge on any atom is -0.494 e. The summed E-state index contributed by atoms with van der Waals surface area (Å²) >= 11 is 6.52. The Bertz CT molecular complexity index is 1590. The van der Waals surface area contributed by atoms with Crippen LogP contribution in [0.1, 0.15) is 57.2 Å². The van der Waals surface area contributed by atoms with Crippen molar-refractivity contribution >= 4 is 28.7 Å². The van der Waals surface area contributed by atoms with Crippen LogP contribution >= 0.6 is 11.6 Å². The third-order valence-electron chi connectivity index (χ3n) is 6.20. The number of para-hydroxylation sites is 1. The molecule has 0 atom stereocenters. The van der Waals surface area contributed by atoms with Crippen LogP contribution in [-0.2, 0) is 0 Å². The lowest BCUT2D eigenvalue weighted by Crippen LogP contribution is -2.21. The first-order valence-electron chi connectivity index (χ1n) is 13.0. The lowest BCUT2D eigenvalue weighted by atomic mass is 9.96. The summed E-state index contributed by atoms with van der Waals surface area (Å²) in [5, 5.41) is 5.48. The predicted octanol–water partition coefficient (Wildman–Crippen LogP) is 7.23. The average molecular weight is 548 g/mol. The van der Waals surface area contributed by atoms with Crippen LogP contribution in [-0.4, -0.2) is 35.7 Å². The fourth-order valence-electron chi connectivity index (χ4n) is 4.36. The van der Waals surface area contributed by atoms with E-state index >= 15 is 0 Å². The Kier molecular flexibility index (Phi) is 8.60. The Balaban J connectivity index is 1.93. The second-order valence-corrected chi connectivity index (χ2v) is 10.2. The van der Waals surface area contributed by atoms with Gasteiger partial charge in [0.15, 0.2) is 17.3 Å². The van der Waals surface area contributed by atoms with E-state index in [0.717, 1.165) is 22.4 Å². The highest BCUT2D eigenvalue weighted by molar-refractivity contribution is 6.32. The maximum atomic E-state index is 13.7. The number of hydrogen-bond donors (Lipinski definition) is 0. The Labute approximate surface area is 234 Å².